The first-order chi connectivity index (χ1) is 14.0. The molecule has 1 heterocycles. The van der Waals surface area contributed by atoms with Gasteiger partial charge in [0.05, 0.1) is 38.4 Å². The number of ether oxygens (including phenoxy) is 3. The fourth-order valence-electron chi connectivity index (χ4n) is 3.21. The van der Waals surface area contributed by atoms with Crippen LogP contribution < -0.4 is 9.47 Å². The lowest BCUT2D eigenvalue weighted by molar-refractivity contribution is -0.142. The molecule has 0 bridgehead atoms. The fourth-order valence-corrected chi connectivity index (χ4v) is 3.21. The minimum absolute atomic E-state index is 0.124. The van der Waals surface area contributed by atoms with Crippen LogP contribution in [0.15, 0.2) is 42.5 Å². The van der Waals surface area contributed by atoms with Crippen molar-refractivity contribution in [2.75, 3.05) is 27.4 Å². The Bertz CT molecular complexity index is 888. The first kappa shape index (κ1) is 20.4. The quantitative estimate of drug-likeness (QED) is 0.368. The first-order valence-corrected chi connectivity index (χ1v) is 9.37. The van der Waals surface area contributed by atoms with E-state index in [4.69, 9.17) is 14.2 Å². The third kappa shape index (κ3) is 4.56. The molecule has 1 aliphatic rings. The molecule has 7 heteroatoms. The van der Waals surface area contributed by atoms with Crippen LogP contribution in [0.1, 0.15) is 39.1 Å². The number of carbonyl (C=O) groups is 3. The average molecular weight is 397 g/mol. The number of rotatable bonds is 9. The molecule has 0 fully saturated rings. The van der Waals surface area contributed by atoms with Crippen molar-refractivity contribution >= 4 is 17.8 Å². The second-order valence-corrected chi connectivity index (χ2v) is 6.60. The van der Waals surface area contributed by atoms with Gasteiger partial charge in [-0.3, -0.25) is 19.3 Å². The van der Waals surface area contributed by atoms with Gasteiger partial charge in [-0.2, -0.15) is 0 Å². The number of imide groups is 1. The third-order valence-corrected chi connectivity index (χ3v) is 4.71. The van der Waals surface area contributed by atoms with Crippen LogP contribution in [0.4, 0.5) is 0 Å². The summed E-state index contributed by atoms with van der Waals surface area (Å²) in [5, 5.41) is 0. The molecule has 0 radical (unpaired) electrons. The number of fused-ring (bicyclic) bond motifs is 1. The van der Waals surface area contributed by atoms with Gasteiger partial charge in [0, 0.05) is 6.54 Å². The molecule has 0 aliphatic carbocycles. The molecule has 1 aliphatic heterocycles. The maximum Gasteiger partial charge on any atom is 0.310 e. The highest BCUT2D eigenvalue weighted by atomic mass is 16.5. The Morgan fingerprint density at radius 3 is 2.17 bits per heavy atom. The zero-order valence-electron chi connectivity index (χ0n) is 16.5. The summed E-state index contributed by atoms with van der Waals surface area (Å²) >= 11 is 0. The van der Waals surface area contributed by atoms with E-state index in [1.807, 2.05) is 0 Å². The van der Waals surface area contributed by atoms with Gasteiger partial charge in [0.1, 0.15) is 0 Å². The minimum atomic E-state index is -0.349. The number of unbranched alkanes of at least 4 members (excludes halogenated alkanes) is 1. The van der Waals surface area contributed by atoms with E-state index in [1.165, 1.54) is 12.0 Å². The van der Waals surface area contributed by atoms with Crippen molar-refractivity contribution in [3.05, 3.63) is 59.2 Å². The van der Waals surface area contributed by atoms with Gasteiger partial charge in [-0.1, -0.05) is 18.2 Å². The van der Waals surface area contributed by atoms with E-state index in [0.29, 0.717) is 42.0 Å². The monoisotopic (exact) mass is 397 g/mol. The molecule has 2 aromatic rings. The number of amides is 2. The van der Waals surface area contributed by atoms with Crippen LogP contribution in [0.25, 0.3) is 0 Å². The molecule has 0 saturated carbocycles. The number of methoxy groups -OCH3 is 2. The highest BCUT2D eigenvalue weighted by Gasteiger charge is 2.34. The molecule has 2 aromatic carbocycles. The predicted octanol–water partition coefficient (Wildman–Crippen LogP) is 2.87. The van der Waals surface area contributed by atoms with Crippen LogP contribution in [0, 0.1) is 0 Å². The Hall–Kier alpha value is -3.35. The Kier molecular flexibility index (Phi) is 6.49. The lowest BCUT2D eigenvalue weighted by atomic mass is 10.1. The van der Waals surface area contributed by atoms with Gasteiger partial charge in [0.25, 0.3) is 11.8 Å². The fraction of sp³-hybridized carbons (Fsp3) is 0.318. The predicted molar refractivity (Wildman–Crippen MR) is 105 cm³/mol. The molecule has 0 atom stereocenters. The number of nitrogens with zero attached hydrogens (tertiary/aromatic N) is 1. The first-order valence-electron chi connectivity index (χ1n) is 9.37. The zero-order valence-corrected chi connectivity index (χ0v) is 16.5. The van der Waals surface area contributed by atoms with Gasteiger partial charge in [-0.15, -0.1) is 0 Å². The van der Waals surface area contributed by atoms with Gasteiger partial charge in [-0.05, 0) is 42.7 Å². The summed E-state index contributed by atoms with van der Waals surface area (Å²) in [6, 6.07) is 12.1. The summed E-state index contributed by atoms with van der Waals surface area (Å²) in [5.41, 5.74) is 1.65. The van der Waals surface area contributed by atoms with Gasteiger partial charge < -0.3 is 14.2 Å². The summed E-state index contributed by atoms with van der Waals surface area (Å²) in [5.74, 6) is 0.265. The SMILES string of the molecule is COc1ccc(CC(=O)OCCCCN2C(=O)c3ccccc3C2=O)cc1OC. The molecular formula is C22H23NO6. The van der Waals surface area contributed by atoms with Gasteiger partial charge >= 0.3 is 5.97 Å². The zero-order chi connectivity index (χ0) is 20.8. The van der Waals surface area contributed by atoms with Crippen molar-refractivity contribution in [1.29, 1.82) is 0 Å². The largest absolute Gasteiger partial charge is 0.493 e. The molecule has 0 saturated heterocycles. The van der Waals surface area contributed by atoms with Crippen LogP contribution in [0.3, 0.4) is 0 Å². The van der Waals surface area contributed by atoms with E-state index >= 15 is 0 Å². The molecule has 2 amide bonds. The molecule has 3 rings (SSSR count). The van der Waals surface area contributed by atoms with Crippen molar-refractivity contribution in [3.63, 3.8) is 0 Å². The Labute approximate surface area is 169 Å². The normalized spacial score (nSPS) is 12.7. The van der Waals surface area contributed by atoms with Crippen molar-refractivity contribution in [1.82, 2.24) is 4.90 Å². The van der Waals surface area contributed by atoms with Crippen LogP contribution in [-0.2, 0) is 16.0 Å². The van der Waals surface area contributed by atoms with Gasteiger partial charge in [-0.25, -0.2) is 0 Å². The van der Waals surface area contributed by atoms with E-state index in [1.54, 1.807) is 49.6 Å². The van der Waals surface area contributed by atoms with E-state index in [-0.39, 0.29) is 30.8 Å². The number of benzene rings is 2. The summed E-state index contributed by atoms with van der Waals surface area (Å²) < 4.78 is 15.7. The highest BCUT2D eigenvalue weighted by molar-refractivity contribution is 6.21. The molecule has 152 valence electrons. The molecule has 7 nitrogen and oxygen atoms in total. The van der Waals surface area contributed by atoms with Crippen LogP contribution >= 0.6 is 0 Å². The van der Waals surface area contributed by atoms with E-state index < -0.39 is 0 Å². The molecular weight excluding hydrogens is 374 g/mol. The summed E-state index contributed by atoms with van der Waals surface area (Å²) in [6.07, 6.45) is 1.25. The molecule has 0 aromatic heterocycles. The van der Waals surface area contributed by atoms with Crippen LogP contribution in [-0.4, -0.2) is 50.1 Å². The maximum atomic E-state index is 12.3. The van der Waals surface area contributed by atoms with E-state index in [0.717, 1.165) is 5.56 Å². The lowest BCUT2D eigenvalue weighted by Crippen LogP contribution is -2.30. The third-order valence-electron chi connectivity index (χ3n) is 4.71. The lowest BCUT2D eigenvalue weighted by Gasteiger charge is -2.13. The number of carbonyl (C=O) groups excluding carboxylic acids is 3. The Morgan fingerprint density at radius 1 is 0.897 bits per heavy atom. The summed E-state index contributed by atoms with van der Waals surface area (Å²) in [6.45, 7) is 0.537. The summed E-state index contributed by atoms with van der Waals surface area (Å²) in [4.78, 5) is 37.8. The van der Waals surface area contributed by atoms with Crippen molar-refractivity contribution < 1.29 is 28.6 Å². The molecule has 0 N–H and O–H groups in total. The van der Waals surface area contributed by atoms with Gasteiger partial charge in [0.15, 0.2) is 11.5 Å². The molecule has 29 heavy (non-hydrogen) atoms. The van der Waals surface area contributed by atoms with Crippen molar-refractivity contribution in [3.8, 4) is 11.5 Å². The maximum absolute atomic E-state index is 12.3. The standard InChI is InChI=1S/C22H23NO6/c1-27-18-10-9-15(13-19(18)28-2)14-20(24)29-12-6-5-11-23-21(25)16-7-3-4-8-17(16)22(23)26/h3-4,7-10,13H,5-6,11-12,14H2,1-2H3. The van der Waals surface area contributed by atoms with Crippen molar-refractivity contribution in [2.24, 2.45) is 0 Å². The minimum Gasteiger partial charge on any atom is -0.493 e. The van der Waals surface area contributed by atoms with Gasteiger partial charge in [0.2, 0.25) is 0 Å². The molecule has 0 unspecified atom stereocenters. The van der Waals surface area contributed by atoms with Crippen molar-refractivity contribution in [2.45, 2.75) is 19.3 Å². The number of hydrogen-bond acceptors (Lipinski definition) is 6. The van der Waals surface area contributed by atoms with Crippen LogP contribution in [0.2, 0.25) is 0 Å². The topological polar surface area (TPSA) is 82.1 Å². The average Bonchev–Trinajstić information content (AvgIpc) is 2.98. The van der Waals surface area contributed by atoms with E-state index in [9.17, 15) is 14.4 Å². The number of esters is 1. The van der Waals surface area contributed by atoms with E-state index in [2.05, 4.69) is 0 Å². The van der Waals surface area contributed by atoms with Crippen LogP contribution in [0.5, 0.6) is 11.5 Å². The highest BCUT2D eigenvalue weighted by Crippen LogP contribution is 2.27. The second-order valence-electron chi connectivity index (χ2n) is 6.60. The Morgan fingerprint density at radius 2 is 1.55 bits per heavy atom. The second kappa shape index (κ2) is 9.23. The smallest absolute Gasteiger partial charge is 0.310 e. The molecule has 0 spiro atoms. The Balaban J connectivity index is 1.41. The summed E-state index contributed by atoms with van der Waals surface area (Å²) in [7, 11) is 3.09. The number of hydrogen-bond donors (Lipinski definition) is 0.